The van der Waals surface area contributed by atoms with Crippen LogP contribution in [0.25, 0.3) is 11.3 Å². The molecule has 86 valence electrons. The Morgan fingerprint density at radius 3 is 2.53 bits per heavy atom. The molecular formula is C11H9N3O3. The maximum Gasteiger partial charge on any atom is 0.406 e. The van der Waals surface area contributed by atoms with Crippen molar-refractivity contribution in [2.24, 2.45) is 0 Å². The summed E-state index contributed by atoms with van der Waals surface area (Å²) in [6.07, 6.45) is 3.21. The Hall–Kier alpha value is -2.50. The molecular weight excluding hydrogens is 222 g/mol. The third-order valence-corrected chi connectivity index (χ3v) is 2.21. The molecule has 0 fully saturated rings. The molecule has 2 aromatic heterocycles. The highest BCUT2D eigenvalue weighted by molar-refractivity contribution is 5.61. The van der Waals surface area contributed by atoms with E-state index >= 15 is 0 Å². The van der Waals surface area contributed by atoms with Crippen LogP contribution in [-0.2, 0) is 0 Å². The summed E-state index contributed by atoms with van der Waals surface area (Å²) in [5.41, 5.74) is 1.28. The van der Waals surface area contributed by atoms with Gasteiger partial charge in [0.05, 0.1) is 7.11 Å². The lowest BCUT2D eigenvalue weighted by Gasteiger charge is -2.02. The van der Waals surface area contributed by atoms with E-state index in [1.807, 2.05) is 0 Å². The highest BCUT2D eigenvalue weighted by atomic mass is 16.6. The lowest BCUT2D eigenvalue weighted by molar-refractivity contribution is -0.390. The van der Waals surface area contributed by atoms with Gasteiger partial charge >= 0.3 is 5.82 Å². The van der Waals surface area contributed by atoms with E-state index in [0.717, 1.165) is 5.56 Å². The lowest BCUT2D eigenvalue weighted by Crippen LogP contribution is -1.98. The first kappa shape index (κ1) is 11.0. The molecule has 0 N–H and O–H groups in total. The fraction of sp³-hybridized carbons (Fsp3) is 0.0909. The Bertz CT molecular complexity index is 543. The largest absolute Gasteiger partial charge is 0.489 e. The van der Waals surface area contributed by atoms with E-state index in [1.54, 1.807) is 30.6 Å². The van der Waals surface area contributed by atoms with Crippen molar-refractivity contribution in [2.45, 2.75) is 0 Å². The zero-order chi connectivity index (χ0) is 12.3. The first-order valence-electron chi connectivity index (χ1n) is 4.82. The molecule has 17 heavy (non-hydrogen) atoms. The summed E-state index contributed by atoms with van der Waals surface area (Å²) in [5.74, 6) is -0.144. The predicted molar refractivity (Wildman–Crippen MR) is 60.7 cm³/mol. The number of rotatable bonds is 3. The van der Waals surface area contributed by atoms with Crippen LogP contribution in [0.2, 0.25) is 0 Å². The Morgan fingerprint density at radius 2 is 1.94 bits per heavy atom. The monoisotopic (exact) mass is 231 g/mol. The van der Waals surface area contributed by atoms with Gasteiger partial charge in [-0.2, -0.15) is 0 Å². The van der Waals surface area contributed by atoms with Crippen LogP contribution >= 0.6 is 0 Å². The molecule has 0 unspecified atom stereocenters. The van der Waals surface area contributed by atoms with Gasteiger partial charge in [-0.3, -0.25) is 4.98 Å². The Labute approximate surface area is 97.1 Å². The first-order valence-corrected chi connectivity index (χ1v) is 4.82. The molecule has 0 amide bonds. The summed E-state index contributed by atoms with van der Waals surface area (Å²) in [6, 6.07) is 6.67. The van der Waals surface area contributed by atoms with Crippen molar-refractivity contribution in [2.75, 3.05) is 7.11 Å². The first-order chi connectivity index (χ1) is 8.22. The number of nitrogens with zero attached hydrogens (tertiary/aromatic N) is 3. The van der Waals surface area contributed by atoms with E-state index in [-0.39, 0.29) is 11.6 Å². The minimum Gasteiger partial charge on any atom is -0.489 e. The highest BCUT2D eigenvalue weighted by Gasteiger charge is 2.18. The summed E-state index contributed by atoms with van der Waals surface area (Å²) in [7, 11) is 1.37. The van der Waals surface area contributed by atoms with Crippen molar-refractivity contribution < 1.29 is 9.66 Å². The van der Waals surface area contributed by atoms with Gasteiger partial charge in [-0.05, 0) is 34.2 Å². The molecule has 0 aliphatic carbocycles. The Kier molecular flexibility index (Phi) is 2.95. The van der Waals surface area contributed by atoms with E-state index in [4.69, 9.17) is 4.74 Å². The number of ether oxygens (including phenoxy) is 1. The zero-order valence-corrected chi connectivity index (χ0v) is 9.03. The van der Waals surface area contributed by atoms with Gasteiger partial charge in [0.2, 0.25) is 5.75 Å². The van der Waals surface area contributed by atoms with Gasteiger partial charge in [0.1, 0.15) is 0 Å². The van der Waals surface area contributed by atoms with Gasteiger partial charge in [0, 0.05) is 18.0 Å². The molecule has 2 rings (SSSR count). The molecule has 2 aromatic rings. The quantitative estimate of drug-likeness (QED) is 0.596. The van der Waals surface area contributed by atoms with Crippen LogP contribution in [0.4, 0.5) is 5.82 Å². The molecule has 0 bridgehead atoms. The van der Waals surface area contributed by atoms with Crippen molar-refractivity contribution in [3.8, 4) is 17.0 Å². The predicted octanol–water partition coefficient (Wildman–Crippen LogP) is 2.06. The van der Waals surface area contributed by atoms with Crippen molar-refractivity contribution >= 4 is 5.82 Å². The van der Waals surface area contributed by atoms with E-state index in [9.17, 15) is 10.1 Å². The number of methoxy groups -OCH3 is 1. The minimum absolute atomic E-state index is 0.146. The number of hydrogen-bond donors (Lipinski definition) is 0. The molecule has 6 heteroatoms. The summed E-state index contributed by atoms with van der Waals surface area (Å²) < 4.78 is 4.88. The maximum atomic E-state index is 10.8. The van der Waals surface area contributed by atoms with Crippen molar-refractivity contribution in [1.82, 2.24) is 9.97 Å². The highest BCUT2D eigenvalue weighted by Crippen LogP contribution is 2.27. The molecule has 0 aliphatic heterocycles. The van der Waals surface area contributed by atoms with Crippen molar-refractivity contribution in [3.05, 3.63) is 46.8 Å². The van der Waals surface area contributed by atoms with Gasteiger partial charge < -0.3 is 14.9 Å². The van der Waals surface area contributed by atoms with Gasteiger partial charge in [-0.25, -0.2) is 0 Å². The van der Waals surface area contributed by atoms with Crippen LogP contribution in [0.3, 0.4) is 0 Å². The summed E-state index contributed by atoms with van der Waals surface area (Å²) in [6.45, 7) is 0. The van der Waals surface area contributed by atoms with Gasteiger partial charge in [-0.15, -0.1) is 0 Å². The van der Waals surface area contributed by atoms with Crippen LogP contribution in [0.15, 0.2) is 36.7 Å². The van der Waals surface area contributed by atoms with E-state index in [1.165, 1.54) is 13.2 Å². The third-order valence-electron chi connectivity index (χ3n) is 2.21. The molecule has 0 saturated heterocycles. The summed E-state index contributed by atoms with van der Waals surface area (Å²) in [5, 5.41) is 10.8. The third kappa shape index (κ3) is 2.20. The van der Waals surface area contributed by atoms with Crippen LogP contribution in [0.1, 0.15) is 0 Å². The maximum absolute atomic E-state index is 10.8. The molecule has 0 spiro atoms. The summed E-state index contributed by atoms with van der Waals surface area (Å²) >= 11 is 0. The van der Waals surface area contributed by atoms with Gasteiger partial charge in [0.15, 0.2) is 5.69 Å². The smallest absolute Gasteiger partial charge is 0.406 e. The molecule has 0 radical (unpaired) electrons. The lowest BCUT2D eigenvalue weighted by atomic mass is 10.2. The Balaban J connectivity index is 2.51. The molecule has 0 saturated carbocycles. The normalized spacial score (nSPS) is 9.94. The zero-order valence-electron chi connectivity index (χ0n) is 9.03. The molecule has 0 atom stereocenters. The molecule has 2 heterocycles. The second-order valence-electron chi connectivity index (χ2n) is 3.22. The topological polar surface area (TPSA) is 78.2 Å². The van der Waals surface area contributed by atoms with Gasteiger partial charge in [0.25, 0.3) is 0 Å². The second kappa shape index (κ2) is 4.56. The van der Waals surface area contributed by atoms with Crippen LogP contribution in [-0.4, -0.2) is 22.0 Å². The van der Waals surface area contributed by atoms with Crippen LogP contribution < -0.4 is 4.74 Å². The van der Waals surface area contributed by atoms with Crippen molar-refractivity contribution in [3.63, 3.8) is 0 Å². The van der Waals surface area contributed by atoms with Gasteiger partial charge in [-0.1, -0.05) is 0 Å². The average molecular weight is 231 g/mol. The summed E-state index contributed by atoms with van der Waals surface area (Å²) in [4.78, 5) is 18.1. The SMILES string of the molecule is COc1ccc(-c2ccncc2)nc1[N+](=O)[O-]. The minimum atomic E-state index is -0.566. The number of nitro groups is 1. The average Bonchev–Trinajstić information content (AvgIpc) is 2.39. The van der Waals surface area contributed by atoms with Crippen LogP contribution in [0.5, 0.6) is 5.75 Å². The molecule has 0 aromatic carbocycles. The van der Waals surface area contributed by atoms with E-state index in [0.29, 0.717) is 5.69 Å². The van der Waals surface area contributed by atoms with Crippen LogP contribution in [0, 0.1) is 10.1 Å². The van der Waals surface area contributed by atoms with E-state index in [2.05, 4.69) is 9.97 Å². The number of hydrogen-bond acceptors (Lipinski definition) is 5. The molecule has 6 nitrogen and oxygen atoms in total. The standard InChI is InChI=1S/C11H9N3O3/c1-17-10-3-2-9(13-11(10)14(15)16)8-4-6-12-7-5-8/h2-7H,1H3. The number of aromatic nitrogens is 2. The fourth-order valence-electron chi connectivity index (χ4n) is 1.41. The molecule has 0 aliphatic rings. The Morgan fingerprint density at radius 1 is 1.24 bits per heavy atom. The second-order valence-corrected chi connectivity index (χ2v) is 3.22. The fourth-order valence-corrected chi connectivity index (χ4v) is 1.41. The number of pyridine rings is 2. The van der Waals surface area contributed by atoms with Crippen molar-refractivity contribution in [1.29, 1.82) is 0 Å². The van der Waals surface area contributed by atoms with E-state index < -0.39 is 4.92 Å².